The lowest BCUT2D eigenvalue weighted by Crippen LogP contribution is -2.43. The molecular weight excluding hydrogens is 446 g/mol. The lowest BCUT2D eigenvalue weighted by molar-refractivity contribution is -0.118. The first-order valence-electron chi connectivity index (χ1n) is 11.7. The number of nitrogens with zero attached hydrogens (tertiary/aromatic N) is 3. The molecule has 0 saturated carbocycles. The minimum Gasteiger partial charge on any atom is -0.494 e. The van der Waals surface area contributed by atoms with Gasteiger partial charge in [-0.25, -0.2) is 4.98 Å². The highest BCUT2D eigenvalue weighted by Crippen LogP contribution is 2.36. The van der Waals surface area contributed by atoms with Crippen LogP contribution in [0.25, 0.3) is 21.0 Å². The van der Waals surface area contributed by atoms with E-state index >= 15 is 0 Å². The largest absolute Gasteiger partial charge is 0.494 e. The summed E-state index contributed by atoms with van der Waals surface area (Å²) in [6.45, 7) is 6.69. The molecule has 34 heavy (non-hydrogen) atoms. The van der Waals surface area contributed by atoms with E-state index in [0.29, 0.717) is 13.0 Å². The van der Waals surface area contributed by atoms with Crippen LogP contribution in [0.3, 0.4) is 0 Å². The number of methoxy groups -OCH3 is 1. The minimum atomic E-state index is 0.0558. The van der Waals surface area contributed by atoms with E-state index in [1.165, 1.54) is 0 Å². The van der Waals surface area contributed by atoms with Gasteiger partial charge in [-0.05, 0) is 34.9 Å². The Morgan fingerprint density at radius 3 is 2.74 bits per heavy atom. The van der Waals surface area contributed by atoms with Crippen LogP contribution in [0.5, 0.6) is 5.75 Å². The minimum absolute atomic E-state index is 0.0558. The summed E-state index contributed by atoms with van der Waals surface area (Å²) in [7, 11) is 1.66. The molecule has 0 unspecified atom stereocenters. The number of hydrogen-bond donors (Lipinski definition) is 0. The standard InChI is InChI=1S/C27H29N3O3S/c1-19-10-11-23(32-2)25-26(19)34-27(28-25)30(13-12-29-14-16-33-17-15-29)24(31)18-21-8-5-7-20-6-3-4-9-22(20)21/h3-11H,12-18H2,1-2H3. The first kappa shape index (κ1) is 22.8. The van der Waals surface area contributed by atoms with Gasteiger partial charge in [-0.15, -0.1) is 0 Å². The van der Waals surface area contributed by atoms with E-state index < -0.39 is 0 Å². The molecule has 176 valence electrons. The highest BCUT2D eigenvalue weighted by atomic mass is 32.1. The molecule has 7 heteroatoms. The molecule has 0 radical (unpaired) electrons. The third-order valence-electron chi connectivity index (χ3n) is 6.41. The van der Waals surface area contributed by atoms with Gasteiger partial charge in [-0.3, -0.25) is 14.6 Å². The Morgan fingerprint density at radius 1 is 1.12 bits per heavy atom. The number of ether oxygens (including phenoxy) is 2. The molecular formula is C27H29N3O3S. The highest BCUT2D eigenvalue weighted by Gasteiger charge is 2.23. The molecule has 1 aromatic heterocycles. The van der Waals surface area contributed by atoms with E-state index in [-0.39, 0.29) is 5.91 Å². The van der Waals surface area contributed by atoms with Crippen LogP contribution >= 0.6 is 11.3 Å². The Balaban J connectivity index is 1.48. The molecule has 0 aliphatic carbocycles. The second kappa shape index (κ2) is 10.1. The lowest BCUT2D eigenvalue weighted by atomic mass is 10.0. The molecule has 1 aliphatic heterocycles. The maximum Gasteiger partial charge on any atom is 0.233 e. The van der Waals surface area contributed by atoms with E-state index in [2.05, 4.69) is 30.0 Å². The van der Waals surface area contributed by atoms with Crippen molar-refractivity contribution in [3.05, 3.63) is 65.7 Å². The number of rotatable bonds is 7. The summed E-state index contributed by atoms with van der Waals surface area (Å²) < 4.78 is 12.1. The summed E-state index contributed by atoms with van der Waals surface area (Å²) in [6.07, 6.45) is 0.330. The summed E-state index contributed by atoms with van der Waals surface area (Å²) in [5, 5.41) is 2.99. The maximum absolute atomic E-state index is 13.8. The van der Waals surface area contributed by atoms with Crippen molar-refractivity contribution in [2.45, 2.75) is 13.3 Å². The molecule has 0 bridgehead atoms. The van der Waals surface area contributed by atoms with Crippen LogP contribution < -0.4 is 9.64 Å². The van der Waals surface area contributed by atoms with Crippen LogP contribution in [0, 0.1) is 6.92 Å². The van der Waals surface area contributed by atoms with Crippen LogP contribution in [-0.4, -0.2) is 62.3 Å². The Bertz CT molecular complexity index is 1310. The van der Waals surface area contributed by atoms with Gasteiger partial charge in [0, 0.05) is 26.2 Å². The van der Waals surface area contributed by atoms with Crippen molar-refractivity contribution in [1.82, 2.24) is 9.88 Å². The summed E-state index contributed by atoms with van der Waals surface area (Å²) in [4.78, 5) is 22.9. The van der Waals surface area contributed by atoms with Crippen LogP contribution in [0.1, 0.15) is 11.1 Å². The number of aromatic nitrogens is 1. The van der Waals surface area contributed by atoms with Gasteiger partial charge in [0.05, 0.1) is 31.4 Å². The Kier molecular flexibility index (Phi) is 6.76. The number of anilines is 1. The van der Waals surface area contributed by atoms with Crippen molar-refractivity contribution in [3.8, 4) is 5.75 Å². The fourth-order valence-corrected chi connectivity index (χ4v) is 5.57. The SMILES string of the molecule is COc1ccc(C)c2sc(N(CCN3CCOCC3)C(=O)Cc3cccc4ccccc34)nc12. The molecule has 1 fully saturated rings. The number of morpholine rings is 1. The maximum atomic E-state index is 13.8. The smallest absolute Gasteiger partial charge is 0.233 e. The number of hydrogen-bond acceptors (Lipinski definition) is 6. The molecule has 0 atom stereocenters. The molecule has 1 aliphatic rings. The molecule has 4 aromatic rings. The van der Waals surface area contributed by atoms with Crippen molar-refractivity contribution >= 4 is 43.4 Å². The molecule has 1 saturated heterocycles. The number of carbonyl (C=O) groups is 1. The van der Waals surface area contributed by atoms with Gasteiger partial charge in [0.25, 0.3) is 0 Å². The van der Waals surface area contributed by atoms with E-state index in [1.54, 1.807) is 18.4 Å². The molecule has 0 N–H and O–H groups in total. The monoisotopic (exact) mass is 475 g/mol. The molecule has 1 amide bonds. The van der Waals surface area contributed by atoms with E-state index in [9.17, 15) is 4.79 Å². The van der Waals surface area contributed by atoms with Gasteiger partial charge in [0.2, 0.25) is 5.91 Å². The van der Waals surface area contributed by atoms with E-state index in [4.69, 9.17) is 14.5 Å². The van der Waals surface area contributed by atoms with Crippen molar-refractivity contribution in [3.63, 3.8) is 0 Å². The lowest BCUT2D eigenvalue weighted by Gasteiger charge is -2.29. The fourth-order valence-electron chi connectivity index (χ4n) is 4.48. The first-order valence-corrected chi connectivity index (χ1v) is 12.5. The van der Waals surface area contributed by atoms with Crippen LogP contribution in [0.2, 0.25) is 0 Å². The number of fused-ring (bicyclic) bond motifs is 2. The van der Waals surface area contributed by atoms with Crippen molar-refractivity contribution in [2.24, 2.45) is 0 Å². The quantitative estimate of drug-likeness (QED) is 0.389. The van der Waals surface area contributed by atoms with Crippen molar-refractivity contribution in [2.75, 3.05) is 51.4 Å². The van der Waals surface area contributed by atoms with Crippen molar-refractivity contribution in [1.29, 1.82) is 0 Å². The average Bonchev–Trinajstić information content (AvgIpc) is 3.31. The van der Waals surface area contributed by atoms with Gasteiger partial charge in [-0.1, -0.05) is 59.9 Å². The van der Waals surface area contributed by atoms with Crippen LogP contribution in [-0.2, 0) is 16.0 Å². The zero-order valence-electron chi connectivity index (χ0n) is 19.6. The normalized spacial score (nSPS) is 14.5. The molecule has 0 spiro atoms. The second-order valence-corrected chi connectivity index (χ2v) is 9.55. The van der Waals surface area contributed by atoms with Crippen LogP contribution in [0.4, 0.5) is 5.13 Å². The molecule has 6 nitrogen and oxygen atoms in total. The Morgan fingerprint density at radius 2 is 1.91 bits per heavy atom. The highest BCUT2D eigenvalue weighted by molar-refractivity contribution is 7.22. The fraction of sp³-hybridized carbons (Fsp3) is 0.333. The Hall–Kier alpha value is -3.00. The predicted molar refractivity (Wildman–Crippen MR) is 138 cm³/mol. The third-order valence-corrected chi connectivity index (χ3v) is 7.62. The topological polar surface area (TPSA) is 54.9 Å². The van der Waals surface area contributed by atoms with Gasteiger partial charge in [-0.2, -0.15) is 0 Å². The number of thiazole rings is 1. The molecule has 2 heterocycles. The first-order chi connectivity index (χ1) is 16.6. The second-order valence-electron chi connectivity index (χ2n) is 8.57. The summed E-state index contributed by atoms with van der Waals surface area (Å²) >= 11 is 1.56. The van der Waals surface area contributed by atoms with Gasteiger partial charge < -0.3 is 9.47 Å². The Labute approximate surface area is 203 Å². The number of amides is 1. The predicted octanol–water partition coefficient (Wildman–Crippen LogP) is 4.67. The summed E-state index contributed by atoms with van der Waals surface area (Å²) in [5.41, 5.74) is 2.99. The third kappa shape index (κ3) is 4.64. The average molecular weight is 476 g/mol. The summed E-state index contributed by atoms with van der Waals surface area (Å²) in [6, 6.07) is 18.4. The van der Waals surface area contributed by atoms with E-state index in [1.807, 2.05) is 41.3 Å². The van der Waals surface area contributed by atoms with Crippen LogP contribution in [0.15, 0.2) is 54.6 Å². The summed E-state index contributed by atoms with van der Waals surface area (Å²) in [5.74, 6) is 0.790. The zero-order chi connectivity index (χ0) is 23.5. The zero-order valence-corrected chi connectivity index (χ0v) is 20.4. The van der Waals surface area contributed by atoms with Gasteiger partial charge >= 0.3 is 0 Å². The van der Waals surface area contributed by atoms with Gasteiger partial charge in [0.15, 0.2) is 5.13 Å². The van der Waals surface area contributed by atoms with Gasteiger partial charge in [0.1, 0.15) is 11.3 Å². The molecule has 5 rings (SSSR count). The molecule has 3 aromatic carbocycles. The number of benzene rings is 3. The van der Waals surface area contributed by atoms with Crippen molar-refractivity contribution < 1.29 is 14.3 Å². The number of carbonyl (C=O) groups excluding carboxylic acids is 1. The van der Waals surface area contributed by atoms with E-state index in [0.717, 1.165) is 75.8 Å². The number of aryl methyl sites for hydroxylation is 1.